The smallest absolute Gasteiger partial charge is 0.241 e. The van der Waals surface area contributed by atoms with Crippen molar-refractivity contribution in [2.24, 2.45) is 5.92 Å². The van der Waals surface area contributed by atoms with Crippen molar-refractivity contribution in [3.63, 3.8) is 0 Å². The largest absolute Gasteiger partial charge is 0.343 e. The summed E-state index contributed by atoms with van der Waals surface area (Å²) in [6, 6.07) is 0. The third-order valence-corrected chi connectivity index (χ3v) is 2.75. The number of hydrogen-bond donors (Lipinski definition) is 0. The van der Waals surface area contributed by atoms with E-state index in [1.54, 1.807) is 4.90 Å². The Morgan fingerprint density at radius 1 is 1.43 bits per heavy atom. The number of likely N-dealkylation sites (tertiary alicyclic amines) is 1. The van der Waals surface area contributed by atoms with Crippen molar-refractivity contribution in [2.45, 2.75) is 25.7 Å². The fraction of sp³-hybridized carbons (Fsp3) is 0.889. The number of carbonyl (C=O) groups is 1. The van der Waals surface area contributed by atoms with Crippen molar-refractivity contribution in [2.75, 3.05) is 19.0 Å². The Morgan fingerprint density at radius 3 is 2.43 bits per heavy atom. The Labute approximate surface area is 87.2 Å². The van der Waals surface area contributed by atoms with Gasteiger partial charge in [-0.3, -0.25) is 4.79 Å². The maximum atomic E-state index is 12.3. The lowest BCUT2D eigenvalue weighted by Crippen LogP contribution is -2.40. The molecule has 1 heterocycles. The molecule has 82 valence electrons. The Bertz CT molecular complexity index is 193. The highest BCUT2D eigenvalue weighted by Gasteiger charge is 2.27. The molecule has 0 aromatic carbocycles. The molecule has 1 fully saturated rings. The summed E-state index contributed by atoms with van der Waals surface area (Å²) in [5.41, 5.74) is 0. The highest BCUT2D eigenvalue weighted by Crippen LogP contribution is 2.23. The maximum Gasteiger partial charge on any atom is 0.241 e. The van der Waals surface area contributed by atoms with E-state index in [4.69, 9.17) is 11.6 Å². The summed E-state index contributed by atoms with van der Waals surface area (Å²) in [7, 11) is 0. The Kier molecular flexibility index (Phi) is 4.58. The van der Waals surface area contributed by atoms with Crippen LogP contribution in [0.2, 0.25) is 0 Å². The van der Waals surface area contributed by atoms with E-state index in [1.165, 1.54) is 0 Å². The molecule has 1 saturated heterocycles. The quantitative estimate of drug-likeness (QED) is 0.674. The molecule has 0 N–H and O–H groups in total. The van der Waals surface area contributed by atoms with Crippen LogP contribution in [0.25, 0.3) is 0 Å². The number of alkyl halides is 3. The summed E-state index contributed by atoms with van der Waals surface area (Å²) in [6.07, 6.45) is -1.13. The minimum Gasteiger partial charge on any atom is -0.343 e. The van der Waals surface area contributed by atoms with Crippen molar-refractivity contribution in [3.8, 4) is 0 Å². The van der Waals surface area contributed by atoms with E-state index in [1.807, 2.05) is 0 Å². The lowest BCUT2D eigenvalue weighted by atomic mass is 9.97. The van der Waals surface area contributed by atoms with Gasteiger partial charge in [0.05, 0.1) is 0 Å². The van der Waals surface area contributed by atoms with Gasteiger partial charge in [0.15, 0.2) is 0 Å². The molecule has 1 aliphatic heterocycles. The SMILES string of the molecule is O=C(CCCl)N1CCC(C(F)F)CC1. The van der Waals surface area contributed by atoms with E-state index in [2.05, 4.69) is 0 Å². The molecule has 0 bridgehead atoms. The Balaban J connectivity index is 2.31. The first-order chi connectivity index (χ1) is 6.65. The number of piperidine rings is 1. The summed E-state index contributed by atoms with van der Waals surface area (Å²) in [4.78, 5) is 13.0. The second-order valence-electron chi connectivity index (χ2n) is 3.49. The molecule has 1 aliphatic rings. The zero-order valence-corrected chi connectivity index (χ0v) is 8.64. The number of carbonyl (C=O) groups excluding carboxylic acids is 1. The molecule has 0 spiro atoms. The number of rotatable bonds is 3. The van der Waals surface area contributed by atoms with Gasteiger partial charge < -0.3 is 4.90 Å². The van der Waals surface area contributed by atoms with Crippen LogP contribution in [-0.2, 0) is 4.79 Å². The molecular weight excluding hydrogens is 212 g/mol. The van der Waals surface area contributed by atoms with Gasteiger partial charge in [-0.25, -0.2) is 8.78 Å². The van der Waals surface area contributed by atoms with Crippen LogP contribution >= 0.6 is 11.6 Å². The minimum atomic E-state index is -2.25. The molecule has 2 nitrogen and oxygen atoms in total. The van der Waals surface area contributed by atoms with E-state index in [0.717, 1.165) is 0 Å². The van der Waals surface area contributed by atoms with Crippen LogP contribution in [0.4, 0.5) is 8.78 Å². The molecule has 0 unspecified atom stereocenters. The fourth-order valence-corrected chi connectivity index (χ4v) is 1.80. The summed E-state index contributed by atoms with van der Waals surface area (Å²) < 4.78 is 24.5. The second-order valence-corrected chi connectivity index (χ2v) is 3.87. The summed E-state index contributed by atoms with van der Waals surface area (Å²) in [5, 5.41) is 0. The van der Waals surface area contributed by atoms with Crippen LogP contribution in [0.5, 0.6) is 0 Å². The lowest BCUT2D eigenvalue weighted by molar-refractivity contribution is -0.133. The van der Waals surface area contributed by atoms with Crippen molar-refractivity contribution in [1.82, 2.24) is 4.90 Å². The first kappa shape index (κ1) is 11.7. The topological polar surface area (TPSA) is 20.3 Å². The molecule has 0 saturated carbocycles. The monoisotopic (exact) mass is 225 g/mol. The lowest BCUT2D eigenvalue weighted by Gasteiger charge is -2.31. The van der Waals surface area contributed by atoms with Crippen LogP contribution < -0.4 is 0 Å². The van der Waals surface area contributed by atoms with Gasteiger partial charge in [-0.2, -0.15) is 0 Å². The summed E-state index contributed by atoms with van der Waals surface area (Å²) in [5.74, 6) is -0.254. The van der Waals surface area contributed by atoms with Crippen molar-refractivity contribution >= 4 is 17.5 Å². The number of amides is 1. The highest BCUT2D eigenvalue weighted by atomic mass is 35.5. The van der Waals surface area contributed by atoms with E-state index in [0.29, 0.717) is 38.2 Å². The highest BCUT2D eigenvalue weighted by molar-refractivity contribution is 6.18. The van der Waals surface area contributed by atoms with Crippen molar-refractivity contribution in [3.05, 3.63) is 0 Å². The van der Waals surface area contributed by atoms with E-state index in [-0.39, 0.29) is 5.91 Å². The maximum absolute atomic E-state index is 12.3. The molecule has 14 heavy (non-hydrogen) atoms. The molecule has 0 atom stereocenters. The average Bonchev–Trinajstić information content (AvgIpc) is 2.18. The molecule has 0 aromatic rings. The first-order valence-corrected chi connectivity index (χ1v) is 5.30. The first-order valence-electron chi connectivity index (χ1n) is 4.77. The van der Waals surface area contributed by atoms with Crippen LogP contribution in [-0.4, -0.2) is 36.2 Å². The number of nitrogens with zero attached hydrogens (tertiary/aromatic N) is 1. The van der Waals surface area contributed by atoms with Crippen LogP contribution in [0.1, 0.15) is 19.3 Å². The van der Waals surface area contributed by atoms with E-state index < -0.39 is 12.3 Å². The van der Waals surface area contributed by atoms with Gasteiger partial charge >= 0.3 is 0 Å². The molecule has 1 rings (SSSR count). The van der Waals surface area contributed by atoms with Crippen molar-refractivity contribution in [1.29, 1.82) is 0 Å². The Morgan fingerprint density at radius 2 is 2.00 bits per heavy atom. The van der Waals surface area contributed by atoms with Gasteiger partial charge in [0.25, 0.3) is 0 Å². The van der Waals surface area contributed by atoms with Crippen LogP contribution in [0.15, 0.2) is 0 Å². The predicted molar refractivity (Wildman–Crippen MR) is 50.6 cm³/mol. The van der Waals surface area contributed by atoms with Gasteiger partial charge in [-0.1, -0.05) is 0 Å². The molecule has 0 aliphatic carbocycles. The normalized spacial score (nSPS) is 19.0. The van der Waals surface area contributed by atoms with Gasteiger partial charge in [-0.05, 0) is 12.8 Å². The third-order valence-electron chi connectivity index (χ3n) is 2.56. The molecule has 5 heteroatoms. The van der Waals surface area contributed by atoms with Crippen LogP contribution in [0, 0.1) is 5.92 Å². The van der Waals surface area contributed by atoms with Gasteiger partial charge in [0, 0.05) is 31.3 Å². The zero-order chi connectivity index (χ0) is 10.6. The molecular formula is C9H14ClF2NO. The fourth-order valence-electron chi connectivity index (χ4n) is 1.64. The van der Waals surface area contributed by atoms with Gasteiger partial charge in [0.2, 0.25) is 12.3 Å². The zero-order valence-electron chi connectivity index (χ0n) is 7.89. The third kappa shape index (κ3) is 3.08. The van der Waals surface area contributed by atoms with Gasteiger partial charge in [0.1, 0.15) is 0 Å². The van der Waals surface area contributed by atoms with E-state index in [9.17, 15) is 13.6 Å². The molecule has 0 radical (unpaired) electrons. The second kappa shape index (κ2) is 5.49. The summed E-state index contributed by atoms with van der Waals surface area (Å²) >= 11 is 5.43. The molecule has 0 aromatic heterocycles. The summed E-state index contributed by atoms with van der Waals surface area (Å²) in [6.45, 7) is 0.898. The Hall–Kier alpha value is -0.380. The standard InChI is InChI=1S/C9H14ClF2NO/c10-4-1-8(14)13-5-2-7(3-6-13)9(11)12/h7,9H,1-6H2. The van der Waals surface area contributed by atoms with Gasteiger partial charge in [-0.15, -0.1) is 11.6 Å². The number of hydrogen-bond acceptors (Lipinski definition) is 1. The van der Waals surface area contributed by atoms with Crippen molar-refractivity contribution < 1.29 is 13.6 Å². The number of halogens is 3. The minimum absolute atomic E-state index is 0.0206. The average molecular weight is 226 g/mol. The van der Waals surface area contributed by atoms with Crippen LogP contribution in [0.3, 0.4) is 0 Å². The predicted octanol–water partition coefficient (Wildman–Crippen LogP) is 2.12. The van der Waals surface area contributed by atoms with E-state index >= 15 is 0 Å². The molecule has 1 amide bonds.